The number of nitrogens with two attached hydrogens (primary N) is 1. The van der Waals surface area contributed by atoms with Crippen molar-refractivity contribution in [1.82, 2.24) is 19.7 Å². The zero-order chi connectivity index (χ0) is 17.4. The molecule has 0 unspecified atom stereocenters. The molecule has 0 amide bonds. The van der Waals surface area contributed by atoms with Crippen LogP contribution in [0.5, 0.6) is 0 Å². The van der Waals surface area contributed by atoms with Gasteiger partial charge in [-0.25, -0.2) is 14.6 Å². The van der Waals surface area contributed by atoms with Crippen molar-refractivity contribution in [2.45, 2.75) is 26.8 Å². The smallest absolute Gasteiger partial charge is 0.163 e. The van der Waals surface area contributed by atoms with Crippen molar-refractivity contribution >= 4 is 27.6 Å². The van der Waals surface area contributed by atoms with Crippen molar-refractivity contribution in [3.8, 4) is 11.3 Å². The maximum Gasteiger partial charge on any atom is 0.163 e. The van der Waals surface area contributed by atoms with E-state index in [0.717, 1.165) is 35.3 Å². The number of nitrogen functional groups attached to an aromatic ring is 1. The summed E-state index contributed by atoms with van der Waals surface area (Å²) in [5.41, 5.74) is 8.86. The Balaban J connectivity index is 1.90. The van der Waals surface area contributed by atoms with E-state index in [1.165, 1.54) is 17.1 Å². The molecule has 2 aromatic heterocycles. The minimum atomic E-state index is 0.476. The van der Waals surface area contributed by atoms with Crippen LogP contribution in [0.15, 0.2) is 48.8 Å². The van der Waals surface area contributed by atoms with Crippen molar-refractivity contribution in [2.24, 2.45) is 5.92 Å². The predicted octanol–water partition coefficient (Wildman–Crippen LogP) is 4.27. The van der Waals surface area contributed by atoms with Gasteiger partial charge >= 0.3 is 0 Å². The predicted molar refractivity (Wildman–Crippen MR) is 102 cm³/mol. The van der Waals surface area contributed by atoms with Crippen LogP contribution in [-0.2, 0) is 6.54 Å². The van der Waals surface area contributed by atoms with Crippen molar-refractivity contribution in [1.29, 1.82) is 0 Å². The number of anilines is 1. The van der Waals surface area contributed by atoms with Crippen LogP contribution in [0.25, 0.3) is 33.1 Å². The first-order valence-electron chi connectivity index (χ1n) is 8.59. The Morgan fingerprint density at radius 2 is 1.84 bits per heavy atom. The Morgan fingerprint density at radius 3 is 2.64 bits per heavy atom. The Labute approximate surface area is 146 Å². The van der Waals surface area contributed by atoms with Gasteiger partial charge in [-0.05, 0) is 29.2 Å². The highest BCUT2D eigenvalue weighted by molar-refractivity contribution is 6.00. The number of aryl methyl sites for hydroxylation is 1. The first kappa shape index (κ1) is 15.6. The number of nitrogens with zero attached hydrogens (tertiary/aromatic N) is 4. The molecule has 0 saturated carbocycles. The van der Waals surface area contributed by atoms with E-state index >= 15 is 0 Å². The molecule has 0 saturated heterocycles. The SMILES string of the molecule is CC(C)CCn1nc(-c2ccc3ccccc3c2)c2c(N)ncnc21. The second-order valence-electron chi connectivity index (χ2n) is 6.77. The lowest BCUT2D eigenvalue weighted by Crippen LogP contribution is -2.04. The van der Waals surface area contributed by atoms with Crippen molar-refractivity contribution in [3.63, 3.8) is 0 Å². The molecule has 2 N–H and O–H groups in total. The number of rotatable bonds is 4. The number of benzene rings is 2. The van der Waals surface area contributed by atoms with Crippen molar-refractivity contribution in [2.75, 3.05) is 5.73 Å². The summed E-state index contributed by atoms with van der Waals surface area (Å²) in [4.78, 5) is 8.62. The third-order valence-corrected chi connectivity index (χ3v) is 4.50. The first-order chi connectivity index (χ1) is 12.1. The molecule has 0 radical (unpaired) electrons. The topological polar surface area (TPSA) is 69.6 Å². The molecule has 5 nitrogen and oxygen atoms in total. The molecule has 0 spiro atoms. The van der Waals surface area contributed by atoms with E-state index in [0.29, 0.717) is 11.7 Å². The Morgan fingerprint density at radius 1 is 1.04 bits per heavy atom. The van der Waals surface area contributed by atoms with E-state index in [-0.39, 0.29) is 0 Å². The quantitative estimate of drug-likeness (QED) is 0.606. The summed E-state index contributed by atoms with van der Waals surface area (Å²) in [6.07, 6.45) is 2.55. The highest BCUT2D eigenvalue weighted by atomic mass is 15.3. The van der Waals surface area contributed by atoms with Gasteiger partial charge in [0.05, 0.1) is 5.39 Å². The third-order valence-electron chi connectivity index (χ3n) is 4.50. The molecule has 0 aliphatic heterocycles. The molecule has 5 heteroatoms. The maximum absolute atomic E-state index is 6.17. The van der Waals surface area contributed by atoms with Gasteiger partial charge in [0.25, 0.3) is 0 Å². The average molecular weight is 331 g/mol. The Hall–Kier alpha value is -2.95. The molecular formula is C20H21N5. The normalized spacial score (nSPS) is 11.6. The van der Waals surface area contributed by atoms with Crippen molar-refractivity contribution < 1.29 is 0 Å². The van der Waals surface area contributed by atoms with Crippen LogP contribution in [0.4, 0.5) is 5.82 Å². The number of hydrogen-bond donors (Lipinski definition) is 1. The fourth-order valence-corrected chi connectivity index (χ4v) is 3.11. The van der Waals surface area contributed by atoms with Crippen LogP contribution in [0.3, 0.4) is 0 Å². The lowest BCUT2D eigenvalue weighted by Gasteiger charge is -2.05. The molecule has 126 valence electrons. The molecule has 0 bridgehead atoms. The fourth-order valence-electron chi connectivity index (χ4n) is 3.11. The Bertz CT molecular complexity index is 1050. The summed E-state index contributed by atoms with van der Waals surface area (Å²) in [5.74, 6) is 1.08. The van der Waals surface area contributed by atoms with Gasteiger partial charge < -0.3 is 5.73 Å². The van der Waals surface area contributed by atoms with E-state index in [4.69, 9.17) is 10.8 Å². The largest absolute Gasteiger partial charge is 0.383 e. The van der Waals surface area contributed by atoms with Crippen LogP contribution in [0.1, 0.15) is 20.3 Å². The molecule has 4 rings (SSSR count). The fraction of sp³-hybridized carbons (Fsp3) is 0.250. The summed E-state index contributed by atoms with van der Waals surface area (Å²) in [6, 6.07) is 14.7. The van der Waals surface area contributed by atoms with Crippen LogP contribution < -0.4 is 5.73 Å². The zero-order valence-electron chi connectivity index (χ0n) is 14.5. The summed E-state index contributed by atoms with van der Waals surface area (Å²) in [5, 5.41) is 8.06. The number of fused-ring (bicyclic) bond motifs is 2. The highest BCUT2D eigenvalue weighted by Crippen LogP contribution is 2.32. The van der Waals surface area contributed by atoms with E-state index in [2.05, 4.69) is 54.1 Å². The highest BCUT2D eigenvalue weighted by Gasteiger charge is 2.17. The Kier molecular flexibility index (Phi) is 3.84. The molecule has 4 aromatic rings. The third kappa shape index (κ3) is 2.82. The van der Waals surface area contributed by atoms with Gasteiger partial charge in [0.2, 0.25) is 0 Å². The van der Waals surface area contributed by atoms with Gasteiger partial charge in [-0.2, -0.15) is 5.10 Å². The molecule has 0 aliphatic carbocycles. The van der Waals surface area contributed by atoms with E-state index in [9.17, 15) is 0 Å². The first-order valence-corrected chi connectivity index (χ1v) is 8.59. The monoisotopic (exact) mass is 331 g/mol. The maximum atomic E-state index is 6.17. The summed E-state index contributed by atoms with van der Waals surface area (Å²) >= 11 is 0. The lowest BCUT2D eigenvalue weighted by molar-refractivity contribution is 0.495. The van der Waals surface area contributed by atoms with Gasteiger partial charge in [0.15, 0.2) is 5.65 Å². The van der Waals surface area contributed by atoms with Gasteiger partial charge in [-0.3, -0.25) is 0 Å². The molecule has 0 aliphatic rings. The molecule has 0 fully saturated rings. The summed E-state index contributed by atoms with van der Waals surface area (Å²) in [6.45, 7) is 5.23. The van der Waals surface area contributed by atoms with Gasteiger partial charge in [0.1, 0.15) is 17.8 Å². The van der Waals surface area contributed by atoms with E-state index in [1.54, 1.807) is 0 Å². The zero-order valence-corrected chi connectivity index (χ0v) is 14.5. The van der Waals surface area contributed by atoms with Gasteiger partial charge in [-0.15, -0.1) is 0 Å². The number of hydrogen-bond acceptors (Lipinski definition) is 4. The summed E-state index contributed by atoms with van der Waals surface area (Å²) < 4.78 is 1.96. The molecular weight excluding hydrogens is 310 g/mol. The second kappa shape index (κ2) is 6.16. The minimum absolute atomic E-state index is 0.476. The van der Waals surface area contributed by atoms with Crippen molar-refractivity contribution in [3.05, 3.63) is 48.8 Å². The van der Waals surface area contributed by atoms with Crippen LogP contribution >= 0.6 is 0 Å². The standard InChI is InChI=1S/C20H21N5/c1-13(2)9-10-25-20-17(19(21)22-12-23-20)18(24-25)16-8-7-14-5-3-4-6-15(14)11-16/h3-8,11-13H,9-10H2,1-2H3,(H2,21,22,23). The van der Waals surface area contributed by atoms with Gasteiger partial charge in [-0.1, -0.05) is 50.2 Å². The molecule has 0 atom stereocenters. The van der Waals surface area contributed by atoms with E-state index < -0.39 is 0 Å². The van der Waals surface area contributed by atoms with Crippen LogP contribution in [0, 0.1) is 5.92 Å². The average Bonchev–Trinajstić information content (AvgIpc) is 3.00. The lowest BCUT2D eigenvalue weighted by atomic mass is 10.0. The van der Waals surface area contributed by atoms with Crippen LogP contribution in [-0.4, -0.2) is 19.7 Å². The number of aromatic nitrogens is 4. The molecule has 2 aromatic carbocycles. The van der Waals surface area contributed by atoms with Crippen LogP contribution in [0.2, 0.25) is 0 Å². The van der Waals surface area contributed by atoms with E-state index in [1.807, 2.05) is 16.8 Å². The molecule has 2 heterocycles. The minimum Gasteiger partial charge on any atom is -0.383 e. The molecule has 25 heavy (non-hydrogen) atoms. The van der Waals surface area contributed by atoms with Gasteiger partial charge in [0, 0.05) is 12.1 Å². The summed E-state index contributed by atoms with van der Waals surface area (Å²) in [7, 11) is 0. The second-order valence-corrected chi connectivity index (χ2v) is 6.77.